The van der Waals surface area contributed by atoms with Gasteiger partial charge in [0.15, 0.2) is 0 Å². The molecule has 0 amide bonds. The molecule has 0 radical (unpaired) electrons. The van der Waals surface area contributed by atoms with Crippen LogP contribution < -0.4 is 4.72 Å². The van der Waals surface area contributed by atoms with Crippen LogP contribution in [0.3, 0.4) is 0 Å². The van der Waals surface area contributed by atoms with E-state index in [-0.39, 0.29) is 23.7 Å². The van der Waals surface area contributed by atoms with Crippen LogP contribution in [0.5, 0.6) is 0 Å². The lowest BCUT2D eigenvalue weighted by Gasteiger charge is -2.18. The molecular weight excluding hydrogens is 315 g/mol. The smallest absolute Gasteiger partial charge is 0.304 e. The minimum absolute atomic E-state index is 0.136. The van der Waals surface area contributed by atoms with E-state index < -0.39 is 16.2 Å². The van der Waals surface area contributed by atoms with Crippen molar-refractivity contribution in [1.29, 1.82) is 0 Å². The third-order valence-corrected chi connectivity index (χ3v) is 4.26. The number of aliphatic carboxylic acids is 1. The number of nitrogens with zero attached hydrogens (tertiary/aromatic N) is 1. The topological polar surface area (TPSA) is 86.7 Å². The number of carboxylic acids is 1. The second kappa shape index (κ2) is 6.42. The standard InChI is InChI=1S/C10H12Cl2N2O4S/c1-14(5-4-10(15)16)19(17,18)13-9-6-7(11)2-3-8(9)12/h2-3,6,13H,4-5H2,1H3,(H,15,16). The van der Waals surface area contributed by atoms with Gasteiger partial charge in [0.2, 0.25) is 0 Å². The Morgan fingerprint density at radius 2 is 2.05 bits per heavy atom. The quantitative estimate of drug-likeness (QED) is 0.837. The fourth-order valence-electron chi connectivity index (χ4n) is 1.17. The van der Waals surface area contributed by atoms with E-state index in [4.69, 9.17) is 28.3 Å². The van der Waals surface area contributed by atoms with Crippen molar-refractivity contribution < 1.29 is 18.3 Å². The third-order valence-electron chi connectivity index (χ3n) is 2.22. The van der Waals surface area contributed by atoms with Gasteiger partial charge in [0, 0.05) is 18.6 Å². The normalized spacial score (nSPS) is 11.6. The molecule has 0 aliphatic carbocycles. The summed E-state index contributed by atoms with van der Waals surface area (Å²) in [5, 5.41) is 9.04. The zero-order valence-electron chi connectivity index (χ0n) is 9.93. The van der Waals surface area contributed by atoms with E-state index >= 15 is 0 Å². The maximum absolute atomic E-state index is 11.9. The first-order valence-corrected chi connectivity index (χ1v) is 7.33. The number of carbonyl (C=O) groups is 1. The molecule has 0 aliphatic heterocycles. The minimum atomic E-state index is -3.87. The summed E-state index contributed by atoms with van der Waals surface area (Å²) in [6, 6.07) is 4.35. The van der Waals surface area contributed by atoms with Crippen molar-refractivity contribution in [2.24, 2.45) is 0 Å². The van der Waals surface area contributed by atoms with Crippen molar-refractivity contribution >= 4 is 45.1 Å². The Morgan fingerprint density at radius 1 is 1.42 bits per heavy atom. The van der Waals surface area contributed by atoms with Gasteiger partial charge in [-0.25, -0.2) is 0 Å². The van der Waals surface area contributed by atoms with Crippen molar-refractivity contribution in [1.82, 2.24) is 4.31 Å². The van der Waals surface area contributed by atoms with Crippen molar-refractivity contribution in [3.05, 3.63) is 28.2 Å². The number of hydrogen-bond acceptors (Lipinski definition) is 3. The summed E-state index contributed by atoms with van der Waals surface area (Å²) in [4.78, 5) is 10.4. The number of rotatable bonds is 6. The molecule has 1 aromatic rings. The predicted octanol–water partition coefficient (Wildman–Crippen LogP) is 2.06. The summed E-state index contributed by atoms with van der Waals surface area (Å²) in [5.41, 5.74) is 0.136. The number of hydrogen-bond donors (Lipinski definition) is 2. The SMILES string of the molecule is CN(CCC(=O)O)S(=O)(=O)Nc1cc(Cl)ccc1Cl. The fraction of sp³-hybridized carbons (Fsp3) is 0.300. The van der Waals surface area contributed by atoms with Crippen molar-refractivity contribution in [2.45, 2.75) is 6.42 Å². The molecular formula is C10H12Cl2N2O4S. The summed E-state index contributed by atoms with van der Waals surface area (Å²) >= 11 is 11.6. The van der Waals surface area contributed by atoms with Gasteiger partial charge in [0.25, 0.3) is 0 Å². The minimum Gasteiger partial charge on any atom is -0.481 e. The number of carboxylic acid groups (broad SMARTS) is 1. The number of nitrogens with one attached hydrogen (secondary N) is 1. The van der Waals surface area contributed by atoms with Crippen LogP contribution in [0, 0.1) is 0 Å². The third kappa shape index (κ3) is 4.87. The van der Waals surface area contributed by atoms with Crippen LogP contribution in [0.1, 0.15) is 6.42 Å². The molecule has 19 heavy (non-hydrogen) atoms. The van der Waals surface area contributed by atoms with Gasteiger partial charge in [-0.3, -0.25) is 9.52 Å². The Labute approximate surface area is 121 Å². The molecule has 0 aliphatic rings. The summed E-state index contributed by atoms with van der Waals surface area (Å²) in [5.74, 6) is -1.08. The molecule has 2 N–H and O–H groups in total. The van der Waals surface area contributed by atoms with Crippen molar-refractivity contribution in [2.75, 3.05) is 18.3 Å². The van der Waals surface area contributed by atoms with Crippen LogP contribution in [-0.4, -0.2) is 37.4 Å². The average molecular weight is 327 g/mol. The first-order chi connectivity index (χ1) is 8.72. The second-order valence-electron chi connectivity index (χ2n) is 3.70. The zero-order valence-corrected chi connectivity index (χ0v) is 12.3. The molecule has 0 atom stereocenters. The number of halogens is 2. The van der Waals surface area contributed by atoms with Crippen LogP contribution >= 0.6 is 23.2 Å². The average Bonchev–Trinajstić information content (AvgIpc) is 2.30. The molecule has 0 unspecified atom stereocenters. The molecule has 0 aromatic heterocycles. The van der Waals surface area contributed by atoms with Crippen LogP contribution in [0.25, 0.3) is 0 Å². The molecule has 106 valence electrons. The van der Waals surface area contributed by atoms with E-state index in [1.165, 1.54) is 25.2 Å². The van der Waals surface area contributed by atoms with Gasteiger partial charge >= 0.3 is 16.2 Å². The lowest BCUT2D eigenvalue weighted by Crippen LogP contribution is -2.34. The van der Waals surface area contributed by atoms with Gasteiger partial charge in [0.05, 0.1) is 17.1 Å². The molecule has 9 heteroatoms. The highest BCUT2D eigenvalue weighted by Crippen LogP contribution is 2.26. The largest absolute Gasteiger partial charge is 0.481 e. The highest BCUT2D eigenvalue weighted by Gasteiger charge is 2.19. The molecule has 0 spiro atoms. The summed E-state index contributed by atoms with van der Waals surface area (Å²) in [6.45, 7) is -0.150. The molecule has 0 saturated heterocycles. The molecule has 0 saturated carbocycles. The molecule has 0 fully saturated rings. The van der Waals surface area contributed by atoms with Gasteiger partial charge in [-0.1, -0.05) is 23.2 Å². The molecule has 1 rings (SSSR count). The van der Waals surface area contributed by atoms with Crippen LogP contribution in [-0.2, 0) is 15.0 Å². The van der Waals surface area contributed by atoms with E-state index in [1.54, 1.807) is 0 Å². The van der Waals surface area contributed by atoms with Crippen molar-refractivity contribution in [3.8, 4) is 0 Å². The van der Waals surface area contributed by atoms with E-state index in [2.05, 4.69) is 4.72 Å². The first-order valence-electron chi connectivity index (χ1n) is 5.13. The van der Waals surface area contributed by atoms with E-state index in [1.807, 2.05) is 0 Å². The van der Waals surface area contributed by atoms with Crippen molar-refractivity contribution in [3.63, 3.8) is 0 Å². The Morgan fingerprint density at radius 3 is 2.63 bits per heavy atom. The van der Waals surface area contributed by atoms with Crippen LogP contribution in [0.4, 0.5) is 5.69 Å². The van der Waals surface area contributed by atoms with E-state index in [0.717, 1.165) is 4.31 Å². The lowest BCUT2D eigenvalue weighted by atomic mass is 10.3. The maximum atomic E-state index is 11.9. The maximum Gasteiger partial charge on any atom is 0.304 e. The molecule has 0 heterocycles. The van der Waals surface area contributed by atoms with Gasteiger partial charge in [-0.2, -0.15) is 12.7 Å². The van der Waals surface area contributed by atoms with E-state index in [0.29, 0.717) is 5.02 Å². The Bertz CT molecular complexity index is 577. The Kier molecular flexibility index (Phi) is 5.42. The van der Waals surface area contributed by atoms with Gasteiger partial charge < -0.3 is 5.11 Å². The molecule has 0 bridgehead atoms. The zero-order chi connectivity index (χ0) is 14.6. The highest BCUT2D eigenvalue weighted by atomic mass is 35.5. The summed E-state index contributed by atoms with van der Waals surface area (Å²) in [7, 11) is -2.60. The predicted molar refractivity (Wildman–Crippen MR) is 73.9 cm³/mol. The first kappa shape index (κ1) is 16.0. The van der Waals surface area contributed by atoms with Crippen LogP contribution in [0.2, 0.25) is 10.0 Å². The van der Waals surface area contributed by atoms with Crippen LogP contribution in [0.15, 0.2) is 18.2 Å². The second-order valence-corrected chi connectivity index (χ2v) is 6.32. The highest BCUT2D eigenvalue weighted by molar-refractivity contribution is 7.90. The van der Waals surface area contributed by atoms with Gasteiger partial charge in [-0.05, 0) is 18.2 Å². The Balaban J connectivity index is 2.84. The van der Waals surface area contributed by atoms with E-state index in [9.17, 15) is 13.2 Å². The monoisotopic (exact) mass is 326 g/mol. The number of anilines is 1. The summed E-state index contributed by atoms with van der Waals surface area (Å²) < 4.78 is 26.9. The molecule has 6 nitrogen and oxygen atoms in total. The van der Waals surface area contributed by atoms with Gasteiger partial charge in [0.1, 0.15) is 0 Å². The summed E-state index contributed by atoms with van der Waals surface area (Å²) in [6.07, 6.45) is -0.291. The fourth-order valence-corrected chi connectivity index (χ4v) is 2.49. The number of benzene rings is 1. The Hall–Kier alpha value is -1.02. The molecule has 1 aromatic carbocycles. The lowest BCUT2D eigenvalue weighted by molar-refractivity contribution is -0.137. The van der Waals surface area contributed by atoms with Gasteiger partial charge in [-0.15, -0.1) is 0 Å².